The third-order valence-electron chi connectivity index (χ3n) is 2.81. The molecule has 0 spiro atoms. The zero-order chi connectivity index (χ0) is 11.1. The average molecular weight is 340 g/mol. The summed E-state index contributed by atoms with van der Waals surface area (Å²) in [5.41, 5.74) is 1.19. The number of rotatable bonds is 0. The molecule has 2 aromatic rings. The fourth-order valence-electron chi connectivity index (χ4n) is 2.06. The number of Topliss-reactive ketones (excluding diaryl/α,β-unsaturated/α-hetero) is 1. The Morgan fingerprint density at radius 3 is 2.88 bits per heavy atom. The highest BCUT2D eigenvalue weighted by Gasteiger charge is 2.18. The fourth-order valence-corrected chi connectivity index (χ4v) is 3.81. The molecule has 80 valence electrons. The van der Waals surface area contributed by atoms with Crippen LogP contribution in [0.1, 0.15) is 5.56 Å². The van der Waals surface area contributed by atoms with Crippen LogP contribution in [-0.2, 0) is 11.2 Å². The minimum Gasteiger partial charge on any atom is -0.298 e. The molecule has 16 heavy (non-hydrogen) atoms. The van der Waals surface area contributed by atoms with Crippen molar-refractivity contribution in [3.8, 4) is 0 Å². The fraction of sp³-hybridized carbons (Fsp3) is 0.154. The van der Waals surface area contributed by atoms with Gasteiger partial charge in [0.2, 0.25) is 0 Å². The summed E-state index contributed by atoms with van der Waals surface area (Å²) >= 11 is 4.04. The van der Waals surface area contributed by atoms with Crippen molar-refractivity contribution in [3.63, 3.8) is 0 Å². The highest BCUT2D eigenvalue weighted by Crippen LogP contribution is 2.36. The molecule has 0 bridgehead atoms. The van der Waals surface area contributed by atoms with E-state index in [9.17, 15) is 4.79 Å². The molecule has 1 heterocycles. The van der Waals surface area contributed by atoms with Crippen LogP contribution in [0.5, 0.6) is 0 Å². The average Bonchev–Trinajstić information content (AvgIpc) is 2.28. The number of thioether (sulfide) groups is 1. The molecule has 3 heteroatoms. The van der Waals surface area contributed by atoms with Crippen LogP contribution in [0.2, 0.25) is 0 Å². The second-order valence-corrected chi connectivity index (χ2v) is 6.04. The molecule has 0 atom stereocenters. The zero-order valence-electron chi connectivity index (χ0n) is 8.50. The van der Waals surface area contributed by atoms with Crippen LogP contribution in [0, 0.1) is 3.57 Å². The van der Waals surface area contributed by atoms with E-state index in [4.69, 9.17) is 0 Å². The van der Waals surface area contributed by atoms with Crippen LogP contribution >= 0.6 is 34.4 Å². The molecule has 0 amide bonds. The Labute approximate surface area is 112 Å². The van der Waals surface area contributed by atoms with Gasteiger partial charge in [-0.2, -0.15) is 0 Å². The quantitative estimate of drug-likeness (QED) is 0.681. The van der Waals surface area contributed by atoms with Gasteiger partial charge in [0.15, 0.2) is 0 Å². The summed E-state index contributed by atoms with van der Waals surface area (Å²) < 4.78 is 1.27. The number of hydrogen-bond donors (Lipinski definition) is 0. The molecule has 1 aliphatic rings. The third-order valence-corrected chi connectivity index (χ3v) is 4.98. The number of fused-ring (bicyclic) bond motifs is 3. The van der Waals surface area contributed by atoms with Crippen molar-refractivity contribution in [1.82, 2.24) is 0 Å². The minimum atomic E-state index is 0.336. The highest BCUT2D eigenvalue weighted by molar-refractivity contribution is 14.1. The number of hydrogen-bond acceptors (Lipinski definition) is 2. The second kappa shape index (κ2) is 4.04. The summed E-state index contributed by atoms with van der Waals surface area (Å²) in [6.07, 6.45) is 0.601. The molecule has 3 rings (SSSR count). The van der Waals surface area contributed by atoms with Crippen LogP contribution in [0.25, 0.3) is 10.8 Å². The number of halogens is 1. The van der Waals surface area contributed by atoms with Gasteiger partial charge in [-0.15, -0.1) is 11.8 Å². The molecule has 0 saturated carbocycles. The van der Waals surface area contributed by atoms with E-state index in [1.54, 1.807) is 11.8 Å². The topological polar surface area (TPSA) is 17.1 Å². The standard InChI is InChI=1S/C13H9IOS/c14-12-3-1-2-11-10(12)5-4-8-6-9(15)7-16-13(8)11/h1-5H,6-7H2. The van der Waals surface area contributed by atoms with Gasteiger partial charge in [0.25, 0.3) is 0 Å². The lowest BCUT2D eigenvalue weighted by Crippen LogP contribution is -2.12. The Morgan fingerprint density at radius 2 is 2.00 bits per heavy atom. The van der Waals surface area contributed by atoms with Gasteiger partial charge in [-0.3, -0.25) is 4.79 Å². The molecule has 0 aromatic heterocycles. The summed E-state index contributed by atoms with van der Waals surface area (Å²) in [4.78, 5) is 12.7. The van der Waals surface area contributed by atoms with E-state index in [1.165, 1.54) is 24.8 Å². The molecule has 0 radical (unpaired) electrons. The molecule has 0 saturated heterocycles. The first-order valence-corrected chi connectivity index (χ1v) is 7.17. The van der Waals surface area contributed by atoms with Crippen molar-refractivity contribution in [2.45, 2.75) is 11.3 Å². The van der Waals surface area contributed by atoms with Crippen molar-refractivity contribution < 1.29 is 4.79 Å². The van der Waals surface area contributed by atoms with Crippen LogP contribution < -0.4 is 0 Å². The smallest absolute Gasteiger partial charge is 0.147 e. The first kappa shape index (κ1) is 10.6. The molecule has 0 fully saturated rings. The lowest BCUT2D eigenvalue weighted by Gasteiger charge is -2.17. The third kappa shape index (κ3) is 1.66. The van der Waals surface area contributed by atoms with Crippen molar-refractivity contribution in [3.05, 3.63) is 39.5 Å². The van der Waals surface area contributed by atoms with E-state index in [-0.39, 0.29) is 0 Å². The Kier molecular flexibility index (Phi) is 2.67. The monoisotopic (exact) mass is 340 g/mol. The Bertz CT molecular complexity index is 592. The molecule has 2 aromatic carbocycles. The predicted octanol–water partition coefficient (Wildman–Crippen LogP) is 3.66. The van der Waals surface area contributed by atoms with Crippen molar-refractivity contribution >= 4 is 50.9 Å². The van der Waals surface area contributed by atoms with Gasteiger partial charge >= 0.3 is 0 Å². The van der Waals surface area contributed by atoms with Gasteiger partial charge in [0.1, 0.15) is 5.78 Å². The molecule has 0 unspecified atom stereocenters. The number of benzene rings is 2. The summed E-state index contributed by atoms with van der Waals surface area (Å²) in [6.45, 7) is 0. The number of carbonyl (C=O) groups is 1. The highest BCUT2D eigenvalue weighted by atomic mass is 127. The van der Waals surface area contributed by atoms with E-state index >= 15 is 0 Å². The van der Waals surface area contributed by atoms with Crippen LogP contribution in [0.4, 0.5) is 0 Å². The summed E-state index contributed by atoms with van der Waals surface area (Å²) in [6, 6.07) is 10.6. The molecule has 0 aliphatic carbocycles. The Morgan fingerprint density at radius 1 is 1.12 bits per heavy atom. The van der Waals surface area contributed by atoms with Gasteiger partial charge in [-0.05, 0) is 45.0 Å². The summed E-state index contributed by atoms with van der Waals surface area (Å²) in [5, 5.41) is 2.59. The van der Waals surface area contributed by atoms with E-state index in [1.807, 2.05) is 0 Å². The largest absolute Gasteiger partial charge is 0.298 e. The SMILES string of the molecule is O=C1CSc2c(ccc3c(I)cccc23)C1. The molecular formula is C13H9IOS. The van der Waals surface area contributed by atoms with Crippen molar-refractivity contribution in [2.75, 3.05) is 5.75 Å². The second-order valence-electron chi connectivity index (χ2n) is 3.89. The summed E-state index contributed by atoms with van der Waals surface area (Å²) in [7, 11) is 0. The van der Waals surface area contributed by atoms with Gasteiger partial charge in [0, 0.05) is 14.9 Å². The Hall–Kier alpha value is -0.550. The maximum Gasteiger partial charge on any atom is 0.147 e. The zero-order valence-corrected chi connectivity index (χ0v) is 11.5. The van der Waals surface area contributed by atoms with Gasteiger partial charge in [-0.1, -0.05) is 24.3 Å². The van der Waals surface area contributed by atoms with E-state index < -0.39 is 0 Å². The van der Waals surface area contributed by atoms with Gasteiger partial charge in [-0.25, -0.2) is 0 Å². The van der Waals surface area contributed by atoms with Crippen LogP contribution in [-0.4, -0.2) is 11.5 Å². The molecular weight excluding hydrogens is 331 g/mol. The van der Waals surface area contributed by atoms with Gasteiger partial charge < -0.3 is 0 Å². The number of ketones is 1. The first-order valence-electron chi connectivity index (χ1n) is 5.10. The molecule has 1 aliphatic heterocycles. The van der Waals surface area contributed by atoms with Gasteiger partial charge in [0.05, 0.1) is 5.75 Å². The summed E-state index contributed by atoms with van der Waals surface area (Å²) in [5.74, 6) is 0.958. The lowest BCUT2D eigenvalue weighted by atomic mass is 10.0. The lowest BCUT2D eigenvalue weighted by molar-refractivity contribution is -0.116. The maximum atomic E-state index is 11.4. The predicted molar refractivity (Wildman–Crippen MR) is 76.1 cm³/mol. The maximum absolute atomic E-state index is 11.4. The first-order chi connectivity index (χ1) is 7.75. The van der Waals surface area contributed by atoms with E-state index in [0.29, 0.717) is 18.0 Å². The Balaban J connectivity index is 2.32. The minimum absolute atomic E-state index is 0.336. The van der Waals surface area contributed by atoms with Crippen LogP contribution in [0.15, 0.2) is 35.2 Å². The van der Waals surface area contributed by atoms with Crippen LogP contribution in [0.3, 0.4) is 0 Å². The van der Waals surface area contributed by atoms with E-state index in [0.717, 1.165) is 0 Å². The van der Waals surface area contributed by atoms with E-state index in [2.05, 4.69) is 52.9 Å². The number of carbonyl (C=O) groups excluding carboxylic acids is 1. The van der Waals surface area contributed by atoms with Crippen molar-refractivity contribution in [1.29, 1.82) is 0 Å². The normalized spacial score (nSPS) is 15.2. The molecule has 1 nitrogen and oxygen atoms in total. The molecule has 0 N–H and O–H groups in total. The van der Waals surface area contributed by atoms with Crippen molar-refractivity contribution in [2.24, 2.45) is 0 Å².